The lowest BCUT2D eigenvalue weighted by atomic mass is 10.1. The maximum atomic E-state index is 12.7. The van der Waals surface area contributed by atoms with Crippen molar-refractivity contribution in [2.24, 2.45) is 0 Å². The average Bonchev–Trinajstić information content (AvgIpc) is 3.16. The zero-order chi connectivity index (χ0) is 20.9. The molecule has 1 heterocycles. The van der Waals surface area contributed by atoms with E-state index in [1.54, 1.807) is 38.1 Å². The molecule has 0 saturated heterocycles. The minimum absolute atomic E-state index is 0.146. The second-order valence-electron chi connectivity index (χ2n) is 7.01. The van der Waals surface area contributed by atoms with E-state index < -0.39 is 10.0 Å². The highest BCUT2D eigenvalue weighted by Gasteiger charge is 2.18. The third kappa shape index (κ3) is 5.56. The first-order chi connectivity index (χ1) is 13.9. The van der Waals surface area contributed by atoms with Crippen LogP contribution in [0.5, 0.6) is 0 Å². The topological polar surface area (TPSA) is 88.4 Å². The Morgan fingerprint density at radius 3 is 2.31 bits per heavy atom. The van der Waals surface area contributed by atoms with Crippen LogP contribution in [-0.2, 0) is 22.3 Å². The largest absolute Gasteiger partial charge is 0.459 e. The summed E-state index contributed by atoms with van der Waals surface area (Å²) in [5.74, 6) is -0.276. The first-order valence-electron chi connectivity index (χ1n) is 9.33. The van der Waals surface area contributed by atoms with Gasteiger partial charge in [-0.1, -0.05) is 54.6 Å². The van der Waals surface area contributed by atoms with E-state index in [1.165, 1.54) is 6.26 Å². The van der Waals surface area contributed by atoms with Crippen LogP contribution in [0, 0.1) is 0 Å². The third-order valence-corrected chi connectivity index (χ3v) is 5.80. The van der Waals surface area contributed by atoms with Gasteiger partial charge in [0, 0.05) is 18.2 Å². The maximum absolute atomic E-state index is 12.7. The number of furan rings is 1. The van der Waals surface area contributed by atoms with E-state index >= 15 is 0 Å². The van der Waals surface area contributed by atoms with Gasteiger partial charge in [0.2, 0.25) is 10.0 Å². The van der Waals surface area contributed by atoms with Crippen LogP contribution in [-0.4, -0.2) is 20.4 Å². The molecule has 0 bridgehead atoms. The minimum Gasteiger partial charge on any atom is -0.459 e. The third-order valence-electron chi connectivity index (χ3n) is 4.27. The predicted molar refractivity (Wildman–Crippen MR) is 113 cm³/mol. The van der Waals surface area contributed by atoms with E-state index in [1.807, 2.05) is 36.4 Å². The molecule has 3 aromatic rings. The summed E-state index contributed by atoms with van der Waals surface area (Å²) < 4.78 is 32.5. The van der Waals surface area contributed by atoms with Gasteiger partial charge in [-0.2, -0.15) is 0 Å². The van der Waals surface area contributed by atoms with Crippen molar-refractivity contribution in [3.63, 3.8) is 0 Å². The Kier molecular flexibility index (Phi) is 6.51. The number of benzene rings is 2. The fraction of sp³-hybridized carbons (Fsp3) is 0.227. The summed E-state index contributed by atoms with van der Waals surface area (Å²) in [5.41, 5.74) is 2.98. The van der Waals surface area contributed by atoms with Gasteiger partial charge in [-0.3, -0.25) is 4.79 Å². The summed E-state index contributed by atoms with van der Waals surface area (Å²) in [5, 5.41) is 2.83. The summed E-state index contributed by atoms with van der Waals surface area (Å²) in [6, 6.07) is 18.2. The molecule has 0 aliphatic heterocycles. The van der Waals surface area contributed by atoms with E-state index in [0.29, 0.717) is 11.1 Å². The van der Waals surface area contributed by atoms with Crippen molar-refractivity contribution < 1.29 is 17.6 Å². The van der Waals surface area contributed by atoms with E-state index in [0.717, 1.165) is 11.1 Å². The monoisotopic (exact) mass is 412 g/mol. The van der Waals surface area contributed by atoms with E-state index in [4.69, 9.17) is 4.42 Å². The van der Waals surface area contributed by atoms with Crippen molar-refractivity contribution in [2.45, 2.75) is 32.2 Å². The molecular formula is C22H24N2O4S. The first kappa shape index (κ1) is 20.8. The number of rotatable bonds is 8. The van der Waals surface area contributed by atoms with Crippen LogP contribution >= 0.6 is 0 Å². The van der Waals surface area contributed by atoms with Crippen molar-refractivity contribution in [3.05, 3.63) is 83.8 Å². The molecule has 2 N–H and O–H groups in total. The lowest BCUT2D eigenvalue weighted by Crippen LogP contribution is -2.32. The lowest BCUT2D eigenvalue weighted by Gasteiger charge is -2.13. The van der Waals surface area contributed by atoms with Gasteiger partial charge in [0.25, 0.3) is 5.91 Å². The Bertz CT molecular complexity index is 1070. The highest BCUT2D eigenvalue weighted by molar-refractivity contribution is 7.88. The highest BCUT2D eigenvalue weighted by atomic mass is 32.2. The van der Waals surface area contributed by atoms with Crippen LogP contribution in [0.4, 0.5) is 0 Å². The zero-order valence-electron chi connectivity index (χ0n) is 16.4. The summed E-state index contributed by atoms with van der Waals surface area (Å²) in [4.78, 5) is 12.7. The van der Waals surface area contributed by atoms with Gasteiger partial charge in [0.15, 0.2) is 5.76 Å². The molecule has 6 nitrogen and oxygen atoms in total. The molecule has 2 aromatic carbocycles. The minimum atomic E-state index is -3.46. The fourth-order valence-corrected chi connectivity index (χ4v) is 4.55. The molecule has 0 spiro atoms. The Balaban J connectivity index is 1.73. The molecule has 3 rings (SSSR count). The van der Waals surface area contributed by atoms with Crippen LogP contribution in [0.25, 0.3) is 11.1 Å². The van der Waals surface area contributed by atoms with Crippen LogP contribution in [0.3, 0.4) is 0 Å². The molecule has 0 aliphatic carbocycles. The predicted octanol–water partition coefficient (Wildman–Crippen LogP) is 3.70. The lowest BCUT2D eigenvalue weighted by molar-refractivity contribution is 0.0924. The molecule has 0 radical (unpaired) electrons. The van der Waals surface area contributed by atoms with Gasteiger partial charge in [-0.05, 0) is 36.6 Å². The van der Waals surface area contributed by atoms with Crippen LogP contribution in [0.1, 0.15) is 35.5 Å². The summed E-state index contributed by atoms with van der Waals surface area (Å²) in [6.45, 7) is 3.75. The van der Waals surface area contributed by atoms with Crippen molar-refractivity contribution in [2.75, 3.05) is 0 Å². The highest BCUT2D eigenvalue weighted by Crippen LogP contribution is 2.24. The number of carbonyl (C=O) groups excluding carboxylic acids is 1. The van der Waals surface area contributed by atoms with Gasteiger partial charge >= 0.3 is 0 Å². The van der Waals surface area contributed by atoms with Crippen molar-refractivity contribution in [1.29, 1.82) is 0 Å². The molecule has 0 atom stereocenters. The quantitative estimate of drug-likeness (QED) is 0.590. The van der Waals surface area contributed by atoms with Gasteiger partial charge < -0.3 is 9.73 Å². The fourth-order valence-electron chi connectivity index (χ4n) is 3.06. The number of amides is 1. The number of carbonyl (C=O) groups is 1. The Hall–Kier alpha value is -2.90. The molecular weight excluding hydrogens is 388 g/mol. The Morgan fingerprint density at radius 1 is 0.966 bits per heavy atom. The number of hydrogen-bond acceptors (Lipinski definition) is 4. The van der Waals surface area contributed by atoms with E-state index in [9.17, 15) is 13.2 Å². The second kappa shape index (κ2) is 9.07. The van der Waals surface area contributed by atoms with Crippen molar-refractivity contribution >= 4 is 15.9 Å². The first-order valence-corrected chi connectivity index (χ1v) is 11.0. The molecule has 0 unspecified atom stereocenters. The number of hydrogen-bond donors (Lipinski definition) is 2. The van der Waals surface area contributed by atoms with Crippen LogP contribution in [0.2, 0.25) is 0 Å². The SMILES string of the molecule is CC(C)NS(=O)(=O)Cc1ccccc1CNC(=O)c1occc1-c1ccccc1. The molecule has 152 valence electrons. The zero-order valence-corrected chi connectivity index (χ0v) is 17.2. The molecule has 0 fully saturated rings. The summed E-state index contributed by atoms with van der Waals surface area (Å²) in [6.07, 6.45) is 1.48. The number of sulfonamides is 1. The average molecular weight is 413 g/mol. The Labute approximate surface area is 171 Å². The maximum Gasteiger partial charge on any atom is 0.287 e. The normalized spacial score (nSPS) is 11.6. The van der Waals surface area contributed by atoms with Gasteiger partial charge in [-0.15, -0.1) is 0 Å². The summed E-state index contributed by atoms with van der Waals surface area (Å²) >= 11 is 0. The second-order valence-corrected chi connectivity index (χ2v) is 8.77. The van der Waals surface area contributed by atoms with E-state index in [-0.39, 0.29) is 30.0 Å². The standard InChI is InChI=1S/C22H24N2O4S/c1-16(2)24-29(26,27)15-19-11-7-6-10-18(19)14-23-22(25)21-20(12-13-28-21)17-8-4-3-5-9-17/h3-13,16,24H,14-15H2,1-2H3,(H,23,25). The molecule has 7 heteroatoms. The molecule has 0 saturated carbocycles. The number of nitrogens with one attached hydrogen (secondary N) is 2. The molecule has 0 aliphatic rings. The molecule has 29 heavy (non-hydrogen) atoms. The van der Waals surface area contributed by atoms with Gasteiger partial charge in [-0.25, -0.2) is 13.1 Å². The van der Waals surface area contributed by atoms with Gasteiger partial charge in [0.05, 0.1) is 12.0 Å². The smallest absolute Gasteiger partial charge is 0.287 e. The molecule has 1 aromatic heterocycles. The van der Waals surface area contributed by atoms with Crippen LogP contribution in [0.15, 0.2) is 71.3 Å². The molecule has 1 amide bonds. The van der Waals surface area contributed by atoms with Crippen molar-refractivity contribution in [1.82, 2.24) is 10.0 Å². The Morgan fingerprint density at radius 2 is 1.62 bits per heavy atom. The summed E-state index contributed by atoms with van der Waals surface area (Å²) in [7, 11) is -3.46. The van der Waals surface area contributed by atoms with Gasteiger partial charge in [0.1, 0.15) is 0 Å². The van der Waals surface area contributed by atoms with E-state index in [2.05, 4.69) is 10.0 Å². The van der Waals surface area contributed by atoms with Crippen LogP contribution < -0.4 is 10.0 Å². The van der Waals surface area contributed by atoms with Crippen molar-refractivity contribution in [3.8, 4) is 11.1 Å².